The van der Waals surface area contributed by atoms with Crippen molar-refractivity contribution < 1.29 is 31.8 Å². The average Bonchev–Trinajstić information content (AvgIpc) is 3.20. The number of carbonyl (C=O) groups excluding carboxylic acids is 1. The van der Waals surface area contributed by atoms with E-state index < -0.39 is 19.1 Å². The summed E-state index contributed by atoms with van der Waals surface area (Å²) in [5.41, 5.74) is 1.77. The number of benzene rings is 3. The fraction of sp³-hybridized carbons (Fsp3) is 0.167. The number of anilines is 1. The summed E-state index contributed by atoms with van der Waals surface area (Å²) in [5.74, 6) is -0.585. The lowest BCUT2D eigenvalue weighted by Crippen LogP contribution is -2.13. The maximum Gasteiger partial charge on any atom is 0.387 e. The second-order valence-corrected chi connectivity index (χ2v) is 7.08. The molecule has 0 aliphatic rings. The number of aromatic nitrogens is 2. The lowest BCUT2D eigenvalue weighted by atomic mass is 10.1. The van der Waals surface area contributed by atoms with Gasteiger partial charge in [0.2, 0.25) is 0 Å². The summed E-state index contributed by atoms with van der Waals surface area (Å²) in [4.78, 5) is 17.0. The van der Waals surface area contributed by atoms with E-state index in [-0.39, 0.29) is 29.5 Å². The number of imidazole rings is 1. The summed E-state index contributed by atoms with van der Waals surface area (Å²) in [5, 5.41) is 2.67. The molecule has 1 amide bonds. The van der Waals surface area contributed by atoms with Crippen LogP contribution in [-0.2, 0) is 0 Å². The summed E-state index contributed by atoms with van der Waals surface area (Å²) in [6.07, 6.45) is 0. The van der Waals surface area contributed by atoms with Gasteiger partial charge in [0.15, 0.2) is 11.5 Å². The van der Waals surface area contributed by atoms with Crippen molar-refractivity contribution in [1.29, 1.82) is 0 Å². The van der Waals surface area contributed by atoms with E-state index >= 15 is 0 Å². The van der Waals surface area contributed by atoms with Crippen molar-refractivity contribution in [3.8, 4) is 22.9 Å². The number of para-hydroxylation sites is 2. The Balaban J connectivity index is 1.56. The Morgan fingerprint density at radius 1 is 1.00 bits per heavy atom. The minimum Gasteiger partial charge on any atom is -0.490 e. The molecule has 0 aliphatic heterocycles. The zero-order valence-electron chi connectivity index (χ0n) is 17.8. The molecule has 1 heterocycles. The molecule has 0 unspecified atom stereocenters. The zero-order chi connectivity index (χ0) is 24.2. The third kappa shape index (κ3) is 4.80. The van der Waals surface area contributed by atoms with E-state index in [1.54, 1.807) is 55.5 Å². The molecule has 4 rings (SSSR count). The number of carbonyl (C=O) groups is 1. The Kier molecular flexibility index (Phi) is 6.67. The monoisotopic (exact) mass is 473 g/mol. The molecule has 0 atom stereocenters. The fourth-order valence-electron chi connectivity index (χ4n) is 3.46. The average molecular weight is 473 g/mol. The Hall–Kier alpha value is -4.08. The lowest BCUT2D eigenvalue weighted by molar-refractivity contribution is -0.0514. The van der Waals surface area contributed by atoms with Gasteiger partial charge in [0, 0.05) is 16.8 Å². The first-order valence-corrected chi connectivity index (χ1v) is 10.3. The predicted molar refractivity (Wildman–Crippen MR) is 119 cm³/mol. The van der Waals surface area contributed by atoms with Crippen LogP contribution in [0.1, 0.15) is 23.8 Å². The van der Waals surface area contributed by atoms with Crippen molar-refractivity contribution in [3.63, 3.8) is 0 Å². The Morgan fingerprint density at radius 2 is 1.74 bits per heavy atom. The standard InChI is InChI=1S/C24H19F4N3O3/c1-2-33-20-13-15(9-12-19(20)34-24(27)28)22(32)29-16-10-7-14(8-11-16)21-30-17-5-3-4-6-18(17)31(21)23(25)26/h3-13,23-24H,2H2,1H3,(H,29,32). The summed E-state index contributed by atoms with van der Waals surface area (Å²) < 4.78 is 63.1. The first kappa shape index (κ1) is 23.1. The van der Waals surface area contributed by atoms with Gasteiger partial charge in [-0.05, 0) is 61.5 Å². The number of ether oxygens (including phenoxy) is 2. The van der Waals surface area contributed by atoms with Gasteiger partial charge in [0.1, 0.15) is 5.82 Å². The van der Waals surface area contributed by atoms with Crippen LogP contribution < -0.4 is 14.8 Å². The molecule has 1 aromatic heterocycles. The number of nitrogens with one attached hydrogen (secondary N) is 1. The molecule has 3 aromatic carbocycles. The second-order valence-electron chi connectivity index (χ2n) is 7.08. The van der Waals surface area contributed by atoms with E-state index in [0.29, 0.717) is 22.3 Å². The highest BCUT2D eigenvalue weighted by atomic mass is 19.3. The molecular formula is C24H19F4N3O3. The molecule has 34 heavy (non-hydrogen) atoms. The van der Waals surface area contributed by atoms with E-state index in [4.69, 9.17) is 4.74 Å². The third-order valence-corrected chi connectivity index (χ3v) is 4.91. The molecule has 0 saturated heterocycles. The highest BCUT2D eigenvalue weighted by Crippen LogP contribution is 2.32. The molecule has 10 heteroatoms. The van der Waals surface area contributed by atoms with Gasteiger partial charge in [-0.2, -0.15) is 17.6 Å². The van der Waals surface area contributed by atoms with Crippen LogP contribution in [0.5, 0.6) is 11.5 Å². The molecule has 0 fully saturated rings. The summed E-state index contributed by atoms with van der Waals surface area (Å²) in [7, 11) is 0. The molecule has 1 N–H and O–H groups in total. The Labute approximate surface area is 191 Å². The molecule has 6 nitrogen and oxygen atoms in total. The highest BCUT2D eigenvalue weighted by Gasteiger charge is 2.19. The van der Waals surface area contributed by atoms with Gasteiger partial charge in [-0.15, -0.1) is 0 Å². The molecule has 0 radical (unpaired) electrons. The number of alkyl halides is 4. The molecule has 0 spiro atoms. The summed E-state index contributed by atoms with van der Waals surface area (Å²) in [6, 6.07) is 16.7. The van der Waals surface area contributed by atoms with E-state index in [9.17, 15) is 22.4 Å². The van der Waals surface area contributed by atoms with Gasteiger partial charge >= 0.3 is 13.2 Å². The molecule has 0 aliphatic carbocycles. The van der Waals surface area contributed by atoms with Gasteiger partial charge in [0.25, 0.3) is 5.91 Å². The normalized spacial score (nSPS) is 11.3. The first-order chi connectivity index (χ1) is 16.4. The fourth-order valence-corrected chi connectivity index (χ4v) is 3.46. The minimum absolute atomic E-state index is 0.0108. The minimum atomic E-state index is -3.03. The van der Waals surface area contributed by atoms with Crippen molar-refractivity contribution in [2.24, 2.45) is 0 Å². The number of hydrogen-bond acceptors (Lipinski definition) is 4. The number of fused-ring (bicyclic) bond motifs is 1. The largest absolute Gasteiger partial charge is 0.490 e. The highest BCUT2D eigenvalue weighted by molar-refractivity contribution is 6.04. The van der Waals surface area contributed by atoms with Crippen molar-refractivity contribution >= 4 is 22.6 Å². The van der Waals surface area contributed by atoms with E-state index in [1.807, 2.05) is 0 Å². The van der Waals surface area contributed by atoms with Gasteiger partial charge in [-0.25, -0.2) is 4.98 Å². The van der Waals surface area contributed by atoms with Crippen LogP contribution in [-0.4, -0.2) is 28.7 Å². The van der Waals surface area contributed by atoms with Crippen LogP contribution in [0.25, 0.3) is 22.4 Å². The van der Waals surface area contributed by atoms with Crippen LogP contribution in [0, 0.1) is 0 Å². The summed E-state index contributed by atoms with van der Waals surface area (Å²) in [6.45, 7) is -3.95. The van der Waals surface area contributed by atoms with Gasteiger partial charge in [0.05, 0.1) is 17.6 Å². The smallest absolute Gasteiger partial charge is 0.387 e. The maximum absolute atomic E-state index is 13.7. The van der Waals surface area contributed by atoms with Gasteiger partial charge < -0.3 is 14.8 Å². The maximum atomic E-state index is 13.7. The van der Waals surface area contributed by atoms with Crippen LogP contribution in [0.15, 0.2) is 66.7 Å². The van der Waals surface area contributed by atoms with Gasteiger partial charge in [-0.1, -0.05) is 12.1 Å². The van der Waals surface area contributed by atoms with Crippen LogP contribution >= 0.6 is 0 Å². The molecule has 0 bridgehead atoms. The zero-order valence-corrected chi connectivity index (χ0v) is 17.8. The van der Waals surface area contributed by atoms with Crippen molar-refractivity contribution in [3.05, 3.63) is 72.3 Å². The number of halogens is 4. The van der Waals surface area contributed by atoms with Crippen molar-refractivity contribution in [2.45, 2.75) is 20.1 Å². The lowest BCUT2D eigenvalue weighted by Gasteiger charge is -2.13. The molecule has 0 saturated carbocycles. The van der Waals surface area contributed by atoms with Crippen LogP contribution in [0.4, 0.5) is 23.2 Å². The number of amides is 1. The molecule has 4 aromatic rings. The quantitative estimate of drug-likeness (QED) is 0.303. The van der Waals surface area contributed by atoms with Crippen molar-refractivity contribution in [2.75, 3.05) is 11.9 Å². The molecule has 176 valence electrons. The van der Waals surface area contributed by atoms with E-state index in [1.165, 1.54) is 18.2 Å². The topological polar surface area (TPSA) is 65.4 Å². The van der Waals surface area contributed by atoms with Gasteiger partial charge in [-0.3, -0.25) is 9.36 Å². The van der Waals surface area contributed by atoms with Crippen molar-refractivity contribution in [1.82, 2.24) is 9.55 Å². The summed E-state index contributed by atoms with van der Waals surface area (Å²) >= 11 is 0. The Bertz CT molecular complexity index is 1310. The first-order valence-electron chi connectivity index (χ1n) is 10.3. The number of nitrogens with zero attached hydrogens (tertiary/aromatic N) is 2. The van der Waals surface area contributed by atoms with Crippen LogP contribution in [0.3, 0.4) is 0 Å². The Morgan fingerprint density at radius 3 is 2.41 bits per heavy atom. The van der Waals surface area contributed by atoms with E-state index in [2.05, 4.69) is 15.0 Å². The number of hydrogen-bond donors (Lipinski definition) is 1. The number of rotatable bonds is 8. The third-order valence-electron chi connectivity index (χ3n) is 4.91. The second kappa shape index (κ2) is 9.82. The predicted octanol–water partition coefficient (Wildman–Crippen LogP) is 6.35. The van der Waals surface area contributed by atoms with Crippen LogP contribution in [0.2, 0.25) is 0 Å². The van der Waals surface area contributed by atoms with E-state index in [0.717, 1.165) is 4.57 Å². The SMILES string of the molecule is CCOc1cc(C(=O)Nc2ccc(-c3nc4ccccc4n3C(F)F)cc2)ccc1OC(F)F. The molecular weight excluding hydrogens is 454 g/mol.